The Balaban J connectivity index is 2.20. The van der Waals surface area contributed by atoms with Crippen molar-refractivity contribution in [2.24, 2.45) is 0 Å². The minimum atomic E-state index is -0.912. The summed E-state index contributed by atoms with van der Waals surface area (Å²) in [5.41, 5.74) is -0.0954. The molecule has 1 aliphatic heterocycles. The van der Waals surface area contributed by atoms with Crippen molar-refractivity contribution in [2.45, 2.75) is 32.4 Å². The topological polar surface area (TPSA) is 49.4 Å². The third-order valence-electron chi connectivity index (χ3n) is 3.24. The van der Waals surface area contributed by atoms with Gasteiger partial charge in [0.25, 0.3) is 0 Å². The Bertz CT molecular complexity index is 560. The summed E-state index contributed by atoms with van der Waals surface area (Å²) in [5.74, 6) is -0.608. The molecule has 1 saturated heterocycles. The molecule has 0 unspecified atom stereocenters. The second-order valence-electron chi connectivity index (χ2n) is 5.40. The molecule has 2 amide bonds. The van der Waals surface area contributed by atoms with Crippen LogP contribution in [0.2, 0.25) is 0 Å². The van der Waals surface area contributed by atoms with Crippen LogP contribution in [0.15, 0.2) is 22.7 Å². The van der Waals surface area contributed by atoms with Crippen molar-refractivity contribution in [3.63, 3.8) is 0 Å². The number of hydrogen-bond acceptors (Lipinski definition) is 2. The molecule has 1 N–H and O–H groups in total. The number of hydrogen-bond donors (Lipinski definition) is 1. The van der Waals surface area contributed by atoms with Crippen LogP contribution >= 0.6 is 15.9 Å². The number of carbonyl (C=O) groups is 2. The number of halogens is 2. The molecular formula is C14H16BrFN2O2. The quantitative estimate of drug-likeness (QED) is 0.895. The second-order valence-corrected chi connectivity index (χ2v) is 6.25. The molecule has 1 heterocycles. The van der Waals surface area contributed by atoms with E-state index in [1.165, 1.54) is 6.07 Å². The Kier molecular flexibility index (Phi) is 4.13. The van der Waals surface area contributed by atoms with Gasteiger partial charge in [-0.05, 0) is 47.5 Å². The SMILES string of the molecule is CC1(C)NC(=O)CCN(Cc2ccc(F)c(Br)c2)C1=O. The minimum absolute atomic E-state index is 0.133. The number of carbonyl (C=O) groups excluding carboxylic acids is 2. The van der Waals surface area contributed by atoms with Crippen molar-refractivity contribution >= 4 is 27.7 Å². The molecule has 1 aliphatic rings. The lowest BCUT2D eigenvalue weighted by atomic mass is 10.0. The van der Waals surface area contributed by atoms with E-state index >= 15 is 0 Å². The van der Waals surface area contributed by atoms with Gasteiger partial charge in [0.1, 0.15) is 11.4 Å². The van der Waals surface area contributed by atoms with Crippen molar-refractivity contribution < 1.29 is 14.0 Å². The molecule has 0 spiro atoms. The summed E-state index contributed by atoms with van der Waals surface area (Å²) >= 11 is 3.13. The molecule has 0 saturated carbocycles. The first-order valence-corrected chi connectivity index (χ1v) is 7.13. The highest BCUT2D eigenvalue weighted by Crippen LogP contribution is 2.20. The van der Waals surface area contributed by atoms with E-state index in [1.807, 2.05) is 0 Å². The fourth-order valence-corrected chi connectivity index (χ4v) is 2.63. The first-order valence-electron chi connectivity index (χ1n) is 6.34. The van der Waals surface area contributed by atoms with Gasteiger partial charge in [0.05, 0.1) is 4.47 Å². The normalized spacial score (nSPS) is 18.7. The number of nitrogens with one attached hydrogen (secondary N) is 1. The lowest BCUT2D eigenvalue weighted by Gasteiger charge is -2.28. The maximum Gasteiger partial charge on any atom is 0.248 e. The number of amides is 2. The van der Waals surface area contributed by atoms with Crippen LogP contribution in [0.3, 0.4) is 0 Å². The van der Waals surface area contributed by atoms with Crippen molar-refractivity contribution in [3.8, 4) is 0 Å². The van der Waals surface area contributed by atoms with E-state index < -0.39 is 5.54 Å². The van der Waals surface area contributed by atoms with Crippen molar-refractivity contribution in [3.05, 3.63) is 34.1 Å². The largest absolute Gasteiger partial charge is 0.342 e. The predicted octanol–water partition coefficient (Wildman–Crippen LogP) is 2.22. The average molecular weight is 343 g/mol. The molecule has 20 heavy (non-hydrogen) atoms. The van der Waals surface area contributed by atoms with Crippen LogP contribution in [0.4, 0.5) is 4.39 Å². The highest BCUT2D eigenvalue weighted by Gasteiger charge is 2.36. The first-order chi connectivity index (χ1) is 9.29. The highest BCUT2D eigenvalue weighted by atomic mass is 79.9. The van der Waals surface area contributed by atoms with Crippen LogP contribution in [0, 0.1) is 5.82 Å². The first kappa shape index (κ1) is 15.0. The van der Waals surface area contributed by atoms with E-state index in [1.54, 1.807) is 30.9 Å². The number of rotatable bonds is 2. The van der Waals surface area contributed by atoms with Gasteiger partial charge in [-0.25, -0.2) is 4.39 Å². The van der Waals surface area contributed by atoms with Crippen LogP contribution in [0.25, 0.3) is 0 Å². The van der Waals surface area contributed by atoms with Gasteiger partial charge in [-0.15, -0.1) is 0 Å². The summed E-state index contributed by atoms with van der Waals surface area (Å²) in [6, 6.07) is 4.65. The van der Waals surface area contributed by atoms with Gasteiger partial charge >= 0.3 is 0 Å². The summed E-state index contributed by atoms with van der Waals surface area (Å²) in [7, 11) is 0. The molecule has 4 nitrogen and oxygen atoms in total. The summed E-state index contributed by atoms with van der Waals surface area (Å²) in [4.78, 5) is 25.6. The van der Waals surface area contributed by atoms with E-state index in [2.05, 4.69) is 21.2 Å². The van der Waals surface area contributed by atoms with E-state index in [0.29, 0.717) is 17.6 Å². The van der Waals surface area contributed by atoms with E-state index in [0.717, 1.165) is 5.56 Å². The van der Waals surface area contributed by atoms with E-state index in [4.69, 9.17) is 0 Å². The molecule has 0 atom stereocenters. The lowest BCUT2D eigenvalue weighted by Crippen LogP contribution is -2.52. The maximum atomic E-state index is 13.2. The molecule has 0 bridgehead atoms. The van der Waals surface area contributed by atoms with Crippen LogP contribution in [-0.2, 0) is 16.1 Å². The van der Waals surface area contributed by atoms with Gasteiger partial charge in [-0.1, -0.05) is 6.07 Å². The van der Waals surface area contributed by atoms with Crippen LogP contribution in [0.5, 0.6) is 0 Å². The molecule has 1 aromatic rings. The molecule has 0 radical (unpaired) electrons. The van der Waals surface area contributed by atoms with Crippen LogP contribution < -0.4 is 5.32 Å². The predicted molar refractivity (Wildman–Crippen MR) is 76.4 cm³/mol. The summed E-state index contributed by atoms with van der Waals surface area (Å²) < 4.78 is 13.6. The third-order valence-corrected chi connectivity index (χ3v) is 3.85. The minimum Gasteiger partial charge on any atom is -0.342 e. The summed E-state index contributed by atoms with van der Waals surface area (Å²) in [6.07, 6.45) is 0.275. The molecule has 2 rings (SSSR count). The van der Waals surface area contributed by atoms with Gasteiger partial charge < -0.3 is 10.2 Å². The standard InChI is InChI=1S/C14H16BrFN2O2/c1-14(2)13(20)18(6-5-12(19)17-14)8-9-3-4-11(16)10(15)7-9/h3-4,7H,5-6,8H2,1-2H3,(H,17,19). The second kappa shape index (κ2) is 5.52. The van der Waals surface area contributed by atoms with Crippen LogP contribution in [-0.4, -0.2) is 28.8 Å². The number of benzene rings is 1. The Morgan fingerprint density at radius 3 is 2.75 bits per heavy atom. The molecular weight excluding hydrogens is 327 g/mol. The molecule has 108 valence electrons. The van der Waals surface area contributed by atoms with Gasteiger partial charge in [0.2, 0.25) is 11.8 Å². The Labute approximate surface area is 125 Å². The molecule has 1 aromatic carbocycles. The fourth-order valence-electron chi connectivity index (χ4n) is 2.21. The third kappa shape index (κ3) is 3.17. The van der Waals surface area contributed by atoms with Crippen molar-refractivity contribution in [1.29, 1.82) is 0 Å². The van der Waals surface area contributed by atoms with Crippen molar-refractivity contribution in [2.75, 3.05) is 6.54 Å². The summed E-state index contributed by atoms with van der Waals surface area (Å²) in [6.45, 7) is 4.09. The van der Waals surface area contributed by atoms with Gasteiger partial charge in [-0.3, -0.25) is 9.59 Å². The molecule has 0 aliphatic carbocycles. The Morgan fingerprint density at radius 1 is 1.40 bits per heavy atom. The molecule has 6 heteroatoms. The zero-order chi connectivity index (χ0) is 14.9. The van der Waals surface area contributed by atoms with E-state index in [9.17, 15) is 14.0 Å². The smallest absolute Gasteiger partial charge is 0.248 e. The zero-order valence-electron chi connectivity index (χ0n) is 11.4. The Hall–Kier alpha value is -1.43. The maximum absolute atomic E-state index is 13.2. The fraction of sp³-hybridized carbons (Fsp3) is 0.429. The lowest BCUT2D eigenvalue weighted by molar-refractivity contribution is -0.137. The van der Waals surface area contributed by atoms with Gasteiger partial charge in [-0.2, -0.15) is 0 Å². The highest BCUT2D eigenvalue weighted by molar-refractivity contribution is 9.10. The molecule has 1 fully saturated rings. The van der Waals surface area contributed by atoms with Crippen molar-refractivity contribution in [1.82, 2.24) is 10.2 Å². The Morgan fingerprint density at radius 2 is 2.10 bits per heavy atom. The number of nitrogens with zero attached hydrogens (tertiary/aromatic N) is 1. The van der Waals surface area contributed by atoms with E-state index in [-0.39, 0.29) is 24.1 Å². The summed E-state index contributed by atoms with van der Waals surface area (Å²) in [5, 5.41) is 2.70. The van der Waals surface area contributed by atoms with Gasteiger partial charge in [0.15, 0.2) is 0 Å². The monoisotopic (exact) mass is 342 g/mol. The van der Waals surface area contributed by atoms with Gasteiger partial charge in [0, 0.05) is 19.5 Å². The van der Waals surface area contributed by atoms with Crippen LogP contribution in [0.1, 0.15) is 25.8 Å². The zero-order valence-corrected chi connectivity index (χ0v) is 13.0. The molecule has 0 aromatic heterocycles. The average Bonchev–Trinajstić information content (AvgIpc) is 2.45.